The van der Waals surface area contributed by atoms with E-state index in [9.17, 15) is 0 Å². The first-order valence-corrected chi connectivity index (χ1v) is 12.3. The molecule has 2 heteroatoms. The summed E-state index contributed by atoms with van der Waals surface area (Å²) in [4.78, 5) is 2.50. The first kappa shape index (κ1) is 22.6. The van der Waals surface area contributed by atoms with Gasteiger partial charge in [0.2, 0.25) is 0 Å². The first-order valence-electron chi connectivity index (χ1n) is 12.3. The van der Waals surface area contributed by atoms with Gasteiger partial charge in [-0.15, -0.1) is 0 Å². The van der Waals surface area contributed by atoms with Crippen molar-refractivity contribution in [3.8, 4) is 0 Å². The van der Waals surface area contributed by atoms with Crippen LogP contribution >= 0.6 is 0 Å². The van der Waals surface area contributed by atoms with Gasteiger partial charge in [0, 0.05) is 30.6 Å². The minimum atomic E-state index is 0.121. The number of nitrogens with one attached hydrogen (secondary N) is 1. The Labute approximate surface area is 190 Å². The van der Waals surface area contributed by atoms with Gasteiger partial charge >= 0.3 is 0 Å². The third-order valence-corrected chi connectivity index (χ3v) is 8.44. The van der Waals surface area contributed by atoms with Gasteiger partial charge in [0.15, 0.2) is 0 Å². The second-order valence-corrected chi connectivity index (χ2v) is 11.3. The van der Waals surface area contributed by atoms with Crippen molar-refractivity contribution in [3.63, 3.8) is 0 Å². The molecule has 168 valence electrons. The Morgan fingerprint density at radius 1 is 0.935 bits per heavy atom. The van der Waals surface area contributed by atoms with E-state index in [2.05, 4.69) is 95.2 Å². The summed E-state index contributed by atoms with van der Waals surface area (Å²) in [6.07, 6.45) is 3.61. The Morgan fingerprint density at radius 2 is 1.68 bits per heavy atom. The monoisotopic (exact) mass is 418 g/mol. The van der Waals surface area contributed by atoms with Gasteiger partial charge in [-0.3, -0.25) is 4.90 Å². The Morgan fingerprint density at radius 3 is 2.42 bits per heavy atom. The number of hydrogen-bond donors (Lipinski definition) is 1. The predicted octanol–water partition coefficient (Wildman–Crippen LogP) is 6.48. The maximum absolute atomic E-state index is 3.71. The average molecular weight is 419 g/mol. The molecule has 31 heavy (non-hydrogen) atoms. The highest BCUT2D eigenvalue weighted by Gasteiger charge is 2.34. The molecule has 0 amide bonds. The van der Waals surface area contributed by atoms with Crippen LogP contribution in [0.5, 0.6) is 0 Å². The Bertz CT molecular complexity index is 942. The van der Waals surface area contributed by atoms with Gasteiger partial charge in [0.1, 0.15) is 0 Å². The molecule has 0 spiro atoms. The number of benzene rings is 2. The molecule has 2 atom stereocenters. The Balaban J connectivity index is 1.52. The summed E-state index contributed by atoms with van der Waals surface area (Å²) in [7, 11) is 2.26. The molecule has 0 saturated heterocycles. The molecule has 0 fully saturated rings. The van der Waals surface area contributed by atoms with Crippen LogP contribution in [0.1, 0.15) is 99.6 Å². The SMILES string of the molecule is CC(C)c1ccc2c(c1)CNCC2(C)CCC(C)c1ccc2c(c1)C(C)(C)N(C)CC2. The summed E-state index contributed by atoms with van der Waals surface area (Å²) >= 11 is 0. The van der Waals surface area contributed by atoms with Crippen LogP contribution < -0.4 is 5.32 Å². The summed E-state index contributed by atoms with van der Waals surface area (Å²) in [5, 5.41) is 3.71. The predicted molar refractivity (Wildman–Crippen MR) is 133 cm³/mol. The number of rotatable bonds is 5. The molecular weight excluding hydrogens is 376 g/mol. The molecule has 2 nitrogen and oxygen atoms in total. The largest absolute Gasteiger partial charge is 0.312 e. The van der Waals surface area contributed by atoms with Crippen LogP contribution in [-0.4, -0.2) is 25.0 Å². The van der Waals surface area contributed by atoms with Gasteiger partial charge in [0.25, 0.3) is 0 Å². The molecule has 2 aromatic carbocycles. The van der Waals surface area contributed by atoms with Crippen molar-refractivity contribution < 1.29 is 0 Å². The molecule has 2 unspecified atom stereocenters. The van der Waals surface area contributed by atoms with E-state index in [1.54, 1.807) is 5.56 Å². The summed E-state index contributed by atoms with van der Waals surface area (Å²) < 4.78 is 0. The van der Waals surface area contributed by atoms with Gasteiger partial charge < -0.3 is 5.32 Å². The number of hydrogen-bond acceptors (Lipinski definition) is 2. The molecule has 2 aliphatic heterocycles. The van der Waals surface area contributed by atoms with E-state index in [4.69, 9.17) is 0 Å². The van der Waals surface area contributed by atoms with Gasteiger partial charge in [-0.25, -0.2) is 0 Å². The molecule has 0 aliphatic carbocycles. The fraction of sp³-hybridized carbons (Fsp3) is 0.586. The minimum Gasteiger partial charge on any atom is -0.312 e. The number of fused-ring (bicyclic) bond motifs is 2. The zero-order valence-electron chi connectivity index (χ0n) is 20.8. The summed E-state index contributed by atoms with van der Waals surface area (Å²) in [5.41, 5.74) is 9.44. The summed E-state index contributed by atoms with van der Waals surface area (Å²) in [6.45, 7) is 17.4. The first-order chi connectivity index (χ1) is 14.6. The lowest BCUT2D eigenvalue weighted by atomic mass is 9.72. The molecule has 0 bridgehead atoms. The van der Waals surface area contributed by atoms with Crippen molar-refractivity contribution in [1.29, 1.82) is 0 Å². The minimum absolute atomic E-state index is 0.121. The van der Waals surface area contributed by atoms with E-state index in [1.807, 2.05) is 0 Å². The highest BCUT2D eigenvalue weighted by atomic mass is 15.2. The number of nitrogens with zero attached hydrogens (tertiary/aromatic N) is 1. The molecular formula is C29H42N2. The Hall–Kier alpha value is -1.64. The highest BCUT2D eigenvalue weighted by Crippen LogP contribution is 2.39. The fourth-order valence-corrected chi connectivity index (χ4v) is 5.66. The molecule has 2 aromatic rings. The van der Waals surface area contributed by atoms with Crippen LogP contribution in [0.4, 0.5) is 0 Å². The zero-order chi connectivity index (χ0) is 22.4. The van der Waals surface area contributed by atoms with Gasteiger partial charge in [0.05, 0.1) is 0 Å². The third kappa shape index (κ3) is 4.22. The lowest BCUT2D eigenvalue weighted by molar-refractivity contribution is 0.143. The molecule has 2 aliphatic rings. The van der Waals surface area contributed by atoms with Crippen molar-refractivity contribution >= 4 is 0 Å². The van der Waals surface area contributed by atoms with Gasteiger partial charge in [-0.2, -0.15) is 0 Å². The standard InChI is InChI=1S/C29H42N2/c1-20(2)23-10-11-26-25(16-23)18-30-19-29(26,6)14-12-21(3)24-9-8-22-13-15-31(7)28(4,5)27(22)17-24/h8-11,16-17,20-21,30H,12-15,18-19H2,1-7H3. The van der Waals surface area contributed by atoms with E-state index in [1.165, 1.54) is 47.1 Å². The quantitative estimate of drug-likeness (QED) is 0.598. The van der Waals surface area contributed by atoms with Crippen LogP contribution in [0, 0.1) is 0 Å². The van der Waals surface area contributed by atoms with Crippen LogP contribution in [0.3, 0.4) is 0 Å². The molecule has 4 rings (SSSR count). The second-order valence-electron chi connectivity index (χ2n) is 11.3. The molecule has 0 radical (unpaired) electrons. The van der Waals surface area contributed by atoms with Crippen LogP contribution in [-0.2, 0) is 23.9 Å². The van der Waals surface area contributed by atoms with Crippen molar-refractivity contribution in [2.45, 2.75) is 90.1 Å². The Kier molecular flexibility index (Phi) is 6.09. The van der Waals surface area contributed by atoms with E-state index in [0.717, 1.165) is 19.6 Å². The molecule has 0 saturated carbocycles. The van der Waals surface area contributed by atoms with E-state index < -0.39 is 0 Å². The van der Waals surface area contributed by atoms with Crippen molar-refractivity contribution in [1.82, 2.24) is 10.2 Å². The lowest BCUT2D eigenvalue weighted by Crippen LogP contribution is -2.44. The van der Waals surface area contributed by atoms with Crippen molar-refractivity contribution in [2.24, 2.45) is 0 Å². The van der Waals surface area contributed by atoms with Crippen LogP contribution in [0.15, 0.2) is 36.4 Å². The van der Waals surface area contributed by atoms with E-state index in [-0.39, 0.29) is 11.0 Å². The fourth-order valence-electron chi connectivity index (χ4n) is 5.66. The molecule has 1 N–H and O–H groups in total. The zero-order valence-corrected chi connectivity index (χ0v) is 20.8. The summed E-state index contributed by atoms with van der Waals surface area (Å²) in [6, 6.07) is 14.5. The number of likely N-dealkylation sites (N-methyl/N-ethyl adjacent to an activating group) is 1. The average Bonchev–Trinajstić information content (AvgIpc) is 2.74. The van der Waals surface area contributed by atoms with Crippen LogP contribution in [0.2, 0.25) is 0 Å². The smallest absolute Gasteiger partial charge is 0.0404 e. The maximum Gasteiger partial charge on any atom is 0.0404 e. The van der Waals surface area contributed by atoms with Crippen molar-refractivity contribution in [2.75, 3.05) is 20.1 Å². The third-order valence-electron chi connectivity index (χ3n) is 8.44. The highest BCUT2D eigenvalue weighted by molar-refractivity contribution is 5.42. The molecule has 2 heterocycles. The second kappa shape index (κ2) is 8.37. The van der Waals surface area contributed by atoms with Gasteiger partial charge in [-0.05, 0) is 85.4 Å². The van der Waals surface area contributed by atoms with Crippen molar-refractivity contribution in [3.05, 3.63) is 69.8 Å². The normalized spacial score (nSPS) is 24.0. The lowest BCUT2D eigenvalue weighted by Gasteiger charge is -2.42. The summed E-state index contributed by atoms with van der Waals surface area (Å²) in [5.74, 6) is 1.16. The molecule has 0 aromatic heterocycles. The van der Waals surface area contributed by atoms with Crippen LogP contribution in [0.25, 0.3) is 0 Å². The van der Waals surface area contributed by atoms with E-state index >= 15 is 0 Å². The van der Waals surface area contributed by atoms with Gasteiger partial charge in [-0.1, -0.05) is 64.1 Å². The van der Waals surface area contributed by atoms with E-state index in [0.29, 0.717) is 11.8 Å². The maximum atomic E-state index is 3.71. The topological polar surface area (TPSA) is 15.3 Å².